The molecule has 8 heteroatoms. The Bertz CT molecular complexity index is 1150. The Hall–Kier alpha value is -3.94. The second-order valence-corrected chi connectivity index (χ2v) is 7.26. The molecule has 6 nitrogen and oxygen atoms in total. The Morgan fingerprint density at radius 3 is 2.47 bits per heavy atom. The fraction of sp³-hybridized carbons (Fsp3) is 0.167. The summed E-state index contributed by atoms with van der Waals surface area (Å²) in [7, 11) is 0. The first-order chi connectivity index (χ1) is 15.5. The second-order valence-electron chi connectivity index (χ2n) is 7.26. The average Bonchev–Trinajstić information content (AvgIpc) is 3.23. The van der Waals surface area contributed by atoms with Crippen LogP contribution in [-0.4, -0.2) is 25.0 Å². The van der Waals surface area contributed by atoms with Crippen LogP contribution in [0.3, 0.4) is 0 Å². The summed E-state index contributed by atoms with van der Waals surface area (Å²) in [5.74, 6) is -1.69. The van der Waals surface area contributed by atoms with Gasteiger partial charge in [-0.3, -0.25) is 4.79 Å². The van der Waals surface area contributed by atoms with Gasteiger partial charge in [0.05, 0.1) is 6.54 Å². The van der Waals surface area contributed by atoms with E-state index >= 15 is 0 Å². The largest absolute Gasteiger partial charge is 0.451 e. The van der Waals surface area contributed by atoms with E-state index in [9.17, 15) is 18.4 Å². The summed E-state index contributed by atoms with van der Waals surface area (Å²) in [6.07, 6.45) is 0.788. The van der Waals surface area contributed by atoms with E-state index in [2.05, 4.69) is 10.6 Å². The van der Waals surface area contributed by atoms with Gasteiger partial charge >= 0.3 is 6.03 Å². The van der Waals surface area contributed by atoms with Crippen molar-refractivity contribution < 1.29 is 23.1 Å². The maximum Gasteiger partial charge on any atom is 0.315 e. The van der Waals surface area contributed by atoms with Crippen LogP contribution in [0.25, 0.3) is 0 Å². The maximum absolute atomic E-state index is 14.3. The highest BCUT2D eigenvalue weighted by Crippen LogP contribution is 2.28. The number of fused-ring (bicyclic) bond motifs is 1. The number of carbonyl (C=O) groups excluding carboxylic acids is 2. The first kappa shape index (κ1) is 21.3. The molecule has 0 fully saturated rings. The number of anilines is 1. The van der Waals surface area contributed by atoms with Crippen molar-refractivity contribution in [2.75, 3.05) is 18.0 Å². The van der Waals surface area contributed by atoms with E-state index in [1.54, 1.807) is 17.0 Å². The molecule has 3 aromatic rings. The second kappa shape index (κ2) is 9.47. The van der Waals surface area contributed by atoms with Crippen molar-refractivity contribution in [1.29, 1.82) is 0 Å². The first-order valence-corrected chi connectivity index (χ1v) is 10.1. The van der Waals surface area contributed by atoms with Crippen LogP contribution < -0.4 is 20.3 Å². The Kier molecular flexibility index (Phi) is 6.30. The summed E-state index contributed by atoms with van der Waals surface area (Å²) < 4.78 is 33.2. The van der Waals surface area contributed by atoms with E-state index in [4.69, 9.17) is 4.74 Å². The molecule has 0 spiro atoms. The van der Waals surface area contributed by atoms with Gasteiger partial charge in [-0.15, -0.1) is 0 Å². The summed E-state index contributed by atoms with van der Waals surface area (Å²) in [6, 6.07) is 17.0. The van der Waals surface area contributed by atoms with Crippen molar-refractivity contribution in [1.82, 2.24) is 10.6 Å². The lowest BCUT2D eigenvalue weighted by molar-refractivity contribution is -0.117. The quantitative estimate of drug-likeness (QED) is 0.609. The molecule has 32 heavy (non-hydrogen) atoms. The Morgan fingerprint density at radius 1 is 0.906 bits per heavy atom. The van der Waals surface area contributed by atoms with Crippen molar-refractivity contribution in [3.8, 4) is 11.5 Å². The zero-order chi connectivity index (χ0) is 22.5. The van der Waals surface area contributed by atoms with E-state index in [1.165, 1.54) is 30.3 Å². The monoisotopic (exact) mass is 437 g/mol. The first-order valence-electron chi connectivity index (χ1n) is 10.1. The minimum absolute atomic E-state index is 0.0451. The van der Waals surface area contributed by atoms with E-state index in [1.807, 2.05) is 24.3 Å². The molecule has 1 heterocycles. The highest BCUT2D eigenvalue weighted by atomic mass is 19.1. The zero-order valence-corrected chi connectivity index (χ0v) is 17.1. The van der Waals surface area contributed by atoms with Crippen LogP contribution in [0.4, 0.5) is 19.3 Å². The van der Waals surface area contributed by atoms with E-state index in [0.717, 1.165) is 17.7 Å². The van der Waals surface area contributed by atoms with Crippen molar-refractivity contribution in [3.63, 3.8) is 0 Å². The molecule has 1 aliphatic rings. The number of nitrogens with one attached hydrogen (secondary N) is 2. The molecule has 3 amide bonds. The van der Waals surface area contributed by atoms with Crippen molar-refractivity contribution in [3.05, 3.63) is 89.5 Å². The fourth-order valence-electron chi connectivity index (χ4n) is 3.48. The van der Waals surface area contributed by atoms with Gasteiger partial charge in [0.1, 0.15) is 0 Å². The standard InChI is InChI=1S/C24H21F2N3O3/c25-18-6-2-4-8-21(18)32-22-10-9-16(13-19(22)26)14-27-24(31)28-15-23(30)29-12-11-17-5-1-3-7-20(17)29/h1-10,13H,11-12,14-15H2,(H2,27,28,31). The third kappa shape index (κ3) is 4.85. The van der Waals surface area contributed by atoms with Gasteiger partial charge in [0.25, 0.3) is 0 Å². The molecule has 3 aromatic carbocycles. The number of hydrogen-bond acceptors (Lipinski definition) is 3. The normalized spacial score (nSPS) is 12.2. The Labute approximate surface area is 183 Å². The van der Waals surface area contributed by atoms with Crippen LogP contribution in [0.15, 0.2) is 66.7 Å². The van der Waals surface area contributed by atoms with E-state index in [0.29, 0.717) is 12.1 Å². The minimum Gasteiger partial charge on any atom is -0.451 e. The van der Waals surface area contributed by atoms with Gasteiger partial charge in [0.15, 0.2) is 23.1 Å². The number of halogens is 2. The topological polar surface area (TPSA) is 70.7 Å². The number of benzene rings is 3. The van der Waals surface area contributed by atoms with Gasteiger partial charge in [0, 0.05) is 18.8 Å². The lowest BCUT2D eigenvalue weighted by Gasteiger charge is -2.17. The van der Waals surface area contributed by atoms with Gasteiger partial charge in [-0.05, 0) is 47.9 Å². The average molecular weight is 437 g/mol. The third-order valence-corrected chi connectivity index (χ3v) is 5.09. The third-order valence-electron chi connectivity index (χ3n) is 5.09. The molecule has 0 aromatic heterocycles. The number of ether oxygens (including phenoxy) is 1. The predicted octanol–water partition coefficient (Wildman–Crippen LogP) is 4.15. The summed E-state index contributed by atoms with van der Waals surface area (Å²) in [5.41, 5.74) is 2.46. The molecule has 0 bridgehead atoms. The van der Waals surface area contributed by atoms with Gasteiger partial charge in [-0.1, -0.05) is 36.4 Å². The molecule has 4 rings (SSSR count). The maximum atomic E-state index is 14.3. The molecular formula is C24H21F2N3O3. The lowest BCUT2D eigenvalue weighted by atomic mass is 10.2. The van der Waals surface area contributed by atoms with Crippen LogP contribution in [0.1, 0.15) is 11.1 Å². The number of nitrogens with zero attached hydrogens (tertiary/aromatic N) is 1. The smallest absolute Gasteiger partial charge is 0.315 e. The predicted molar refractivity (Wildman–Crippen MR) is 116 cm³/mol. The molecule has 1 aliphatic heterocycles. The molecule has 0 atom stereocenters. The Balaban J connectivity index is 1.26. The van der Waals surface area contributed by atoms with Crippen LogP contribution in [0.2, 0.25) is 0 Å². The van der Waals surface area contributed by atoms with Crippen molar-refractivity contribution in [2.45, 2.75) is 13.0 Å². The molecule has 0 saturated carbocycles. The Morgan fingerprint density at radius 2 is 1.66 bits per heavy atom. The number of amides is 3. The van der Waals surface area contributed by atoms with Crippen molar-refractivity contribution >= 4 is 17.6 Å². The van der Waals surface area contributed by atoms with Crippen LogP contribution in [-0.2, 0) is 17.8 Å². The number of carbonyl (C=O) groups is 2. The minimum atomic E-state index is -0.684. The molecule has 0 unspecified atom stereocenters. The van der Waals surface area contributed by atoms with E-state index in [-0.39, 0.29) is 30.5 Å². The molecule has 0 radical (unpaired) electrons. The number of rotatable bonds is 6. The summed E-state index contributed by atoms with van der Waals surface area (Å²) >= 11 is 0. The van der Waals surface area contributed by atoms with Gasteiger partial charge in [0.2, 0.25) is 5.91 Å². The van der Waals surface area contributed by atoms with E-state index < -0.39 is 17.7 Å². The summed E-state index contributed by atoms with van der Waals surface area (Å²) in [6.45, 7) is 0.482. The highest BCUT2D eigenvalue weighted by molar-refractivity contribution is 5.98. The summed E-state index contributed by atoms with van der Waals surface area (Å²) in [4.78, 5) is 26.1. The number of para-hydroxylation sites is 2. The lowest BCUT2D eigenvalue weighted by Crippen LogP contribution is -2.43. The van der Waals surface area contributed by atoms with Gasteiger partial charge in [-0.2, -0.15) is 0 Å². The SMILES string of the molecule is O=C(NCC(=O)N1CCc2ccccc21)NCc1ccc(Oc2ccccc2F)c(F)c1. The molecule has 0 saturated heterocycles. The van der Waals surface area contributed by atoms with Crippen LogP contribution >= 0.6 is 0 Å². The number of hydrogen-bond donors (Lipinski definition) is 2. The summed E-state index contributed by atoms with van der Waals surface area (Å²) in [5, 5.41) is 5.11. The van der Waals surface area contributed by atoms with Crippen LogP contribution in [0, 0.1) is 11.6 Å². The zero-order valence-electron chi connectivity index (χ0n) is 17.1. The van der Waals surface area contributed by atoms with Crippen molar-refractivity contribution in [2.24, 2.45) is 0 Å². The molecule has 0 aliphatic carbocycles. The molecular weight excluding hydrogens is 416 g/mol. The fourth-order valence-corrected chi connectivity index (χ4v) is 3.48. The van der Waals surface area contributed by atoms with Gasteiger partial charge < -0.3 is 20.3 Å². The van der Waals surface area contributed by atoms with Gasteiger partial charge in [-0.25, -0.2) is 13.6 Å². The number of urea groups is 1. The van der Waals surface area contributed by atoms with Crippen LogP contribution in [0.5, 0.6) is 11.5 Å². The molecule has 2 N–H and O–H groups in total. The highest BCUT2D eigenvalue weighted by Gasteiger charge is 2.24. The molecule has 164 valence electrons.